The van der Waals surface area contributed by atoms with Gasteiger partial charge in [-0.25, -0.2) is 19.4 Å². The van der Waals surface area contributed by atoms with E-state index in [9.17, 15) is 19.2 Å². The highest BCUT2D eigenvalue weighted by atomic mass is 16.2. The zero-order chi connectivity index (χ0) is 26.9. The van der Waals surface area contributed by atoms with Crippen molar-refractivity contribution in [3.8, 4) is 0 Å². The van der Waals surface area contributed by atoms with Gasteiger partial charge in [0.05, 0.1) is 6.54 Å². The molecule has 1 aromatic heterocycles. The van der Waals surface area contributed by atoms with Gasteiger partial charge in [0.1, 0.15) is 5.82 Å². The minimum atomic E-state index is -0.601. The van der Waals surface area contributed by atoms with Crippen molar-refractivity contribution in [3.05, 3.63) is 24.4 Å². The summed E-state index contributed by atoms with van der Waals surface area (Å²) in [5.41, 5.74) is 5.03. The Hall–Kier alpha value is -3.77. The summed E-state index contributed by atoms with van der Waals surface area (Å²) in [6.45, 7) is 3.81. The average molecular weight is 530 g/mol. The zero-order valence-electron chi connectivity index (χ0n) is 21.7. The quantitative estimate of drug-likeness (QED) is 0.353. The standard InChI is InChI=1S/C25H39N9O4/c26-21(35)17-28-23(36)29-18-6-13-33(14-7-18)25(38)31-20-8-15-34(16-9-20)24(37)30-19-4-11-32(12-5-19)22-3-1-2-10-27-22/h1-3,10,18-20H,4-9,11-17H2,(H2,26,35)(H,30,37)(H,31,38)(H2,28,29,36). The van der Waals surface area contributed by atoms with Crippen LogP contribution in [0.4, 0.5) is 20.2 Å². The van der Waals surface area contributed by atoms with E-state index in [2.05, 4.69) is 31.2 Å². The van der Waals surface area contributed by atoms with E-state index in [1.807, 2.05) is 23.1 Å². The fraction of sp³-hybridized carbons (Fsp3) is 0.640. The van der Waals surface area contributed by atoms with E-state index >= 15 is 0 Å². The van der Waals surface area contributed by atoms with Gasteiger partial charge >= 0.3 is 18.1 Å². The van der Waals surface area contributed by atoms with Crippen molar-refractivity contribution in [2.24, 2.45) is 5.73 Å². The first-order valence-electron chi connectivity index (χ1n) is 13.5. The molecule has 4 heterocycles. The van der Waals surface area contributed by atoms with Gasteiger partial charge < -0.3 is 41.7 Å². The largest absolute Gasteiger partial charge is 0.368 e. The van der Waals surface area contributed by atoms with Gasteiger partial charge in [0, 0.05) is 63.6 Å². The van der Waals surface area contributed by atoms with Crippen LogP contribution >= 0.6 is 0 Å². The Morgan fingerprint density at radius 1 is 0.763 bits per heavy atom. The number of nitrogens with zero attached hydrogens (tertiary/aromatic N) is 4. The Balaban J connectivity index is 1.10. The second-order valence-electron chi connectivity index (χ2n) is 10.2. The van der Waals surface area contributed by atoms with Crippen molar-refractivity contribution in [2.75, 3.05) is 50.7 Å². The van der Waals surface area contributed by atoms with Gasteiger partial charge in [-0.3, -0.25) is 4.79 Å². The Kier molecular flexibility index (Phi) is 9.44. The number of anilines is 1. The number of nitrogens with one attached hydrogen (secondary N) is 4. The fourth-order valence-electron chi connectivity index (χ4n) is 5.18. The number of likely N-dealkylation sites (tertiary alicyclic amines) is 2. The summed E-state index contributed by atoms with van der Waals surface area (Å²) >= 11 is 0. The van der Waals surface area contributed by atoms with E-state index in [4.69, 9.17) is 5.73 Å². The monoisotopic (exact) mass is 529 g/mol. The second kappa shape index (κ2) is 13.2. The Morgan fingerprint density at radius 2 is 1.26 bits per heavy atom. The summed E-state index contributed by atoms with van der Waals surface area (Å²) in [7, 11) is 0. The lowest BCUT2D eigenvalue weighted by Crippen LogP contribution is -2.55. The summed E-state index contributed by atoms with van der Waals surface area (Å²) in [6, 6.07) is 5.47. The van der Waals surface area contributed by atoms with Gasteiger partial charge in [0.25, 0.3) is 0 Å². The summed E-state index contributed by atoms with van der Waals surface area (Å²) in [5.74, 6) is 0.378. The number of rotatable bonds is 6. The molecule has 3 fully saturated rings. The molecule has 0 aliphatic carbocycles. The molecular formula is C25H39N9O4. The van der Waals surface area contributed by atoms with Gasteiger partial charge in [-0.1, -0.05) is 6.07 Å². The number of pyridine rings is 1. The van der Waals surface area contributed by atoms with E-state index in [0.717, 1.165) is 44.6 Å². The van der Waals surface area contributed by atoms with E-state index in [1.54, 1.807) is 11.1 Å². The molecule has 1 aromatic rings. The highest BCUT2D eigenvalue weighted by molar-refractivity contribution is 5.83. The van der Waals surface area contributed by atoms with Crippen molar-refractivity contribution in [1.82, 2.24) is 36.1 Å². The van der Waals surface area contributed by atoms with Crippen molar-refractivity contribution >= 4 is 29.8 Å². The maximum Gasteiger partial charge on any atom is 0.317 e. The van der Waals surface area contributed by atoms with Gasteiger partial charge in [-0.05, 0) is 50.7 Å². The molecule has 0 unspecified atom stereocenters. The summed E-state index contributed by atoms with van der Waals surface area (Å²) in [5, 5.41) is 11.5. The number of piperidine rings is 3. The summed E-state index contributed by atoms with van der Waals surface area (Å²) in [4.78, 5) is 58.4. The molecule has 0 bridgehead atoms. The maximum absolute atomic E-state index is 12.8. The smallest absolute Gasteiger partial charge is 0.317 e. The molecule has 7 amide bonds. The molecule has 0 spiro atoms. The van der Waals surface area contributed by atoms with Crippen LogP contribution in [-0.4, -0.2) is 103 Å². The van der Waals surface area contributed by atoms with Crippen molar-refractivity contribution < 1.29 is 19.2 Å². The number of nitrogens with two attached hydrogens (primary N) is 1. The minimum absolute atomic E-state index is 0.0273. The Bertz CT molecular complexity index is 955. The lowest BCUT2D eigenvalue weighted by Gasteiger charge is -2.37. The molecule has 38 heavy (non-hydrogen) atoms. The van der Waals surface area contributed by atoms with Crippen LogP contribution in [0.15, 0.2) is 24.4 Å². The first kappa shape index (κ1) is 27.3. The molecule has 3 aliphatic rings. The number of carbonyl (C=O) groups excluding carboxylic acids is 4. The highest BCUT2D eigenvalue weighted by Crippen LogP contribution is 2.18. The second-order valence-corrected chi connectivity index (χ2v) is 10.2. The van der Waals surface area contributed by atoms with Gasteiger partial charge in [-0.2, -0.15) is 0 Å². The molecule has 3 saturated heterocycles. The molecule has 4 rings (SSSR count). The predicted octanol–water partition coefficient (Wildman–Crippen LogP) is 0.183. The van der Waals surface area contributed by atoms with Crippen molar-refractivity contribution in [2.45, 2.75) is 56.7 Å². The topological polar surface area (TPSA) is 165 Å². The third-order valence-electron chi connectivity index (χ3n) is 7.45. The molecule has 3 aliphatic heterocycles. The molecule has 13 heteroatoms. The number of aromatic nitrogens is 1. The van der Waals surface area contributed by atoms with E-state index < -0.39 is 11.9 Å². The lowest BCUT2D eigenvalue weighted by molar-refractivity contribution is -0.117. The number of amides is 7. The first-order chi connectivity index (χ1) is 18.4. The van der Waals surface area contributed by atoms with E-state index in [0.29, 0.717) is 39.0 Å². The number of carbonyl (C=O) groups is 4. The van der Waals surface area contributed by atoms with Gasteiger partial charge in [0.15, 0.2) is 0 Å². The highest BCUT2D eigenvalue weighted by Gasteiger charge is 2.29. The van der Waals surface area contributed by atoms with E-state index in [-0.39, 0.29) is 36.7 Å². The summed E-state index contributed by atoms with van der Waals surface area (Å²) in [6.07, 6.45) is 6.28. The summed E-state index contributed by atoms with van der Waals surface area (Å²) < 4.78 is 0. The maximum atomic E-state index is 12.8. The average Bonchev–Trinajstić information content (AvgIpc) is 2.93. The minimum Gasteiger partial charge on any atom is -0.368 e. The number of hydrogen-bond donors (Lipinski definition) is 5. The SMILES string of the molecule is NC(=O)CNC(=O)NC1CCN(C(=O)NC2CCN(C(=O)NC3CCN(c4ccccn4)CC3)CC2)CC1. The van der Waals surface area contributed by atoms with Crippen molar-refractivity contribution in [3.63, 3.8) is 0 Å². The normalized spacial score (nSPS) is 19.5. The van der Waals surface area contributed by atoms with Crippen LogP contribution in [0.3, 0.4) is 0 Å². The molecule has 208 valence electrons. The number of hydrogen-bond acceptors (Lipinski definition) is 6. The molecule has 0 saturated carbocycles. The van der Waals surface area contributed by atoms with Crippen LogP contribution in [0.2, 0.25) is 0 Å². The van der Waals surface area contributed by atoms with Crippen LogP contribution in [0.1, 0.15) is 38.5 Å². The molecular weight excluding hydrogens is 490 g/mol. The van der Waals surface area contributed by atoms with Gasteiger partial charge in [0.2, 0.25) is 5.91 Å². The van der Waals surface area contributed by atoms with Crippen LogP contribution in [0.5, 0.6) is 0 Å². The predicted molar refractivity (Wildman–Crippen MR) is 141 cm³/mol. The number of urea groups is 3. The zero-order valence-corrected chi connectivity index (χ0v) is 21.7. The van der Waals surface area contributed by atoms with Crippen LogP contribution < -0.4 is 31.9 Å². The third kappa shape index (κ3) is 7.86. The molecule has 0 radical (unpaired) electrons. The van der Waals surface area contributed by atoms with Crippen molar-refractivity contribution in [1.29, 1.82) is 0 Å². The van der Waals surface area contributed by atoms with Crippen LogP contribution in [0, 0.1) is 0 Å². The van der Waals surface area contributed by atoms with E-state index in [1.165, 1.54) is 0 Å². The van der Waals surface area contributed by atoms with Gasteiger partial charge in [-0.15, -0.1) is 0 Å². The third-order valence-corrected chi connectivity index (χ3v) is 7.45. The fourth-order valence-corrected chi connectivity index (χ4v) is 5.18. The van der Waals surface area contributed by atoms with Crippen LogP contribution in [0.25, 0.3) is 0 Å². The lowest BCUT2D eigenvalue weighted by atomic mass is 10.0. The number of primary amides is 1. The Labute approximate surface area is 222 Å². The van der Waals surface area contributed by atoms with Crippen LogP contribution in [-0.2, 0) is 4.79 Å². The Morgan fingerprint density at radius 3 is 1.74 bits per heavy atom. The molecule has 6 N–H and O–H groups in total. The first-order valence-corrected chi connectivity index (χ1v) is 13.5. The molecule has 0 atom stereocenters. The molecule has 0 aromatic carbocycles. The molecule has 13 nitrogen and oxygen atoms in total.